The first-order valence-corrected chi connectivity index (χ1v) is 11.5. The lowest BCUT2D eigenvalue weighted by molar-refractivity contribution is 0.795. The second-order valence-corrected chi connectivity index (χ2v) is 9.02. The summed E-state index contributed by atoms with van der Waals surface area (Å²) in [5, 5.41) is 0. The van der Waals surface area contributed by atoms with Crippen LogP contribution in [0.25, 0.3) is 33.5 Å². The number of benzene rings is 3. The normalized spacial score (nSPS) is 11.2. The highest BCUT2D eigenvalue weighted by Crippen LogP contribution is 2.35. The number of fused-ring (bicyclic) bond motifs is 1. The number of aromatic nitrogens is 2. The molecule has 0 amide bonds. The van der Waals surface area contributed by atoms with E-state index in [9.17, 15) is 0 Å². The van der Waals surface area contributed by atoms with Crippen molar-refractivity contribution in [1.82, 2.24) is 9.97 Å². The molecule has 0 fully saturated rings. The third-order valence-electron chi connectivity index (χ3n) is 5.10. The Labute approximate surface area is 188 Å². The summed E-state index contributed by atoms with van der Waals surface area (Å²) in [5.41, 5.74) is 8.28. The minimum atomic E-state index is 0.860. The van der Waals surface area contributed by atoms with Gasteiger partial charge in [0, 0.05) is 20.1 Å². The van der Waals surface area contributed by atoms with Crippen LogP contribution in [0.15, 0.2) is 69.6 Å². The van der Waals surface area contributed by atoms with Crippen molar-refractivity contribution >= 4 is 42.9 Å². The Morgan fingerprint density at radius 1 is 0.690 bits per heavy atom. The highest BCUT2D eigenvalue weighted by atomic mass is 79.9. The van der Waals surface area contributed by atoms with Gasteiger partial charge >= 0.3 is 0 Å². The molecule has 29 heavy (non-hydrogen) atoms. The third kappa shape index (κ3) is 4.29. The largest absolute Gasteiger partial charge is 0.243 e. The van der Waals surface area contributed by atoms with E-state index in [0.717, 1.165) is 48.9 Å². The van der Waals surface area contributed by atoms with Gasteiger partial charge in [0.15, 0.2) is 0 Å². The molecular formula is C25H22Br2N2. The van der Waals surface area contributed by atoms with Gasteiger partial charge in [0.05, 0.1) is 11.4 Å². The number of aryl methyl sites for hydroxylation is 2. The van der Waals surface area contributed by atoms with Gasteiger partial charge in [-0.05, 0) is 69.3 Å². The van der Waals surface area contributed by atoms with Gasteiger partial charge in [-0.1, -0.05) is 67.4 Å². The van der Waals surface area contributed by atoms with Crippen LogP contribution in [0, 0.1) is 6.92 Å². The molecule has 3 aromatic carbocycles. The van der Waals surface area contributed by atoms with E-state index in [0.29, 0.717) is 0 Å². The molecule has 0 atom stereocenters. The van der Waals surface area contributed by atoms with Gasteiger partial charge in [0.25, 0.3) is 0 Å². The summed E-state index contributed by atoms with van der Waals surface area (Å²) in [6, 6.07) is 21.3. The van der Waals surface area contributed by atoms with E-state index in [1.165, 1.54) is 24.0 Å². The maximum Gasteiger partial charge on any atom is 0.105 e. The Hall–Kier alpha value is -2.04. The maximum atomic E-state index is 5.06. The van der Waals surface area contributed by atoms with Crippen LogP contribution < -0.4 is 0 Å². The smallest absolute Gasteiger partial charge is 0.105 e. The molecule has 2 nitrogen and oxygen atoms in total. The fourth-order valence-electron chi connectivity index (χ4n) is 3.40. The van der Waals surface area contributed by atoms with Gasteiger partial charge in [-0.3, -0.25) is 0 Å². The van der Waals surface area contributed by atoms with Gasteiger partial charge in [-0.15, -0.1) is 0 Å². The molecule has 0 radical (unpaired) electrons. The van der Waals surface area contributed by atoms with Crippen molar-refractivity contribution in [3.8, 4) is 22.5 Å². The van der Waals surface area contributed by atoms with Gasteiger partial charge in [-0.2, -0.15) is 0 Å². The van der Waals surface area contributed by atoms with Crippen LogP contribution in [-0.2, 0) is 6.42 Å². The summed E-state index contributed by atoms with van der Waals surface area (Å²) in [7, 11) is 0. The Morgan fingerprint density at radius 2 is 1.17 bits per heavy atom. The van der Waals surface area contributed by atoms with Crippen molar-refractivity contribution in [3.63, 3.8) is 0 Å². The van der Waals surface area contributed by atoms with Crippen molar-refractivity contribution in [2.24, 2.45) is 0 Å². The van der Waals surface area contributed by atoms with Crippen molar-refractivity contribution in [2.45, 2.75) is 33.1 Å². The van der Waals surface area contributed by atoms with Crippen LogP contribution in [0.2, 0.25) is 0 Å². The SMILES string of the molecule is CCCCc1ccc(-c2nc3c(Br)ccc(Br)c3nc2-c2ccc(C)cc2)cc1. The van der Waals surface area contributed by atoms with Crippen LogP contribution in [-0.4, -0.2) is 9.97 Å². The van der Waals surface area contributed by atoms with Gasteiger partial charge in [0.2, 0.25) is 0 Å². The molecule has 0 aliphatic heterocycles. The zero-order chi connectivity index (χ0) is 20.4. The predicted molar refractivity (Wildman–Crippen MR) is 129 cm³/mol. The molecule has 0 N–H and O–H groups in total. The molecule has 0 aliphatic rings. The number of rotatable bonds is 5. The summed E-state index contributed by atoms with van der Waals surface area (Å²) in [6.07, 6.45) is 3.53. The zero-order valence-corrected chi connectivity index (χ0v) is 19.7. The molecule has 4 aromatic rings. The average Bonchev–Trinajstić information content (AvgIpc) is 2.75. The molecule has 1 heterocycles. The Balaban J connectivity index is 1.92. The number of hydrogen-bond acceptors (Lipinski definition) is 2. The summed E-state index contributed by atoms with van der Waals surface area (Å²) in [5.74, 6) is 0. The standard InChI is InChI=1S/C25H22Br2N2/c1-3-4-5-17-8-12-19(13-9-17)23-22(18-10-6-16(2)7-11-18)28-24-20(26)14-15-21(27)25(24)29-23/h6-15H,3-5H2,1-2H3. The second kappa shape index (κ2) is 8.76. The molecule has 0 aliphatic carbocycles. The molecule has 4 heteroatoms. The van der Waals surface area contributed by atoms with E-state index in [1.54, 1.807) is 0 Å². The van der Waals surface area contributed by atoms with E-state index in [4.69, 9.17) is 9.97 Å². The summed E-state index contributed by atoms with van der Waals surface area (Å²) in [6.45, 7) is 4.32. The minimum absolute atomic E-state index is 0.860. The summed E-state index contributed by atoms with van der Waals surface area (Å²) >= 11 is 7.29. The highest BCUT2D eigenvalue weighted by Gasteiger charge is 2.16. The molecule has 0 saturated heterocycles. The zero-order valence-electron chi connectivity index (χ0n) is 16.5. The lowest BCUT2D eigenvalue weighted by atomic mass is 10.0. The Bertz CT molecular complexity index is 1150. The van der Waals surface area contributed by atoms with Gasteiger partial charge in [-0.25, -0.2) is 9.97 Å². The molecule has 0 spiro atoms. The van der Waals surface area contributed by atoms with Crippen LogP contribution in [0.5, 0.6) is 0 Å². The number of halogens is 2. The monoisotopic (exact) mass is 508 g/mol. The van der Waals surface area contributed by atoms with E-state index in [2.05, 4.69) is 94.2 Å². The fraction of sp³-hybridized carbons (Fsp3) is 0.200. The average molecular weight is 510 g/mol. The van der Waals surface area contributed by atoms with E-state index >= 15 is 0 Å². The van der Waals surface area contributed by atoms with E-state index < -0.39 is 0 Å². The lowest BCUT2D eigenvalue weighted by Gasteiger charge is -2.13. The Kier molecular flexibility index (Phi) is 6.12. The highest BCUT2D eigenvalue weighted by molar-refractivity contribution is 9.11. The molecule has 0 saturated carbocycles. The second-order valence-electron chi connectivity index (χ2n) is 7.31. The van der Waals surface area contributed by atoms with E-state index in [-0.39, 0.29) is 0 Å². The van der Waals surface area contributed by atoms with Crippen molar-refractivity contribution < 1.29 is 0 Å². The summed E-state index contributed by atoms with van der Waals surface area (Å²) in [4.78, 5) is 10.1. The van der Waals surface area contributed by atoms with Crippen LogP contribution in [0.4, 0.5) is 0 Å². The van der Waals surface area contributed by atoms with E-state index in [1.807, 2.05) is 12.1 Å². The topological polar surface area (TPSA) is 25.8 Å². The summed E-state index contributed by atoms with van der Waals surface area (Å²) < 4.78 is 1.89. The molecular weight excluding hydrogens is 488 g/mol. The lowest BCUT2D eigenvalue weighted by Crippen LogP contribution is -1.97. The van der Waals surface area contributed by atoms with Crippen molar-refractivity contribution in [2.75, 3.05) is 0 Å². The minimum Gasteiger partial charge on any atom is -0.243 e. The van der Waals surface area contributed by atoms with Crippen LogP contribution in [0.3, 0.4) is 0 Å². The van der Waals surface area contributed by atoms with Crippen LogP contribution in [0.1, 0.15) is 30.9 Å². The Morgan fingerprint density at radius 3 is 1.66 bits per heavy atom. The molecule has 0 unspecified atom stereocenters. The first kappa shape index (κ1) is 20.2. The predicted octanol–water partition coefficient (Wildman–Crippen LogP) is 8.14. The first-order chi connectivity index (χ1) is 14.1. The third-order valence-corrected chi connectivity index (χ3v) is 6.38. The van der Waals surface area contributed by atoms with Crippen LogP contribution >= 0.6 is 31.9 Å². The number of unbranched alkanes of at least 4 members (excludes halogenated alkanes) is 1. The number of nitrogens with zero attached hydrogens (tertiary/aromatic N) is 2. The quantitative estimate of drug-likeness (QED) is 0.271. The molecule has 1 aromatic heterocycles. The molecule has 146 valence electrons. The maximum absolute atomic E-state index is 5.06. The molecule has 4 rings (SSSR count). The van der Waals surface area contributed by atoms with Crippen molar-refractivity contribution in [3.05, 3.63) is 80.7 Å². The van der Waals surface area contributed by atoms with Crippen molar-refractivity contribution in [1.29, 1.82) is 0 Å². The first-order valence-electron chi connectivity index (χ1n) is 9.89. The molecule has 0 bridgehead atoms. The van der Waals surface area contributed by atoms with Gasteiger partial charge in [0.1, 0.15) is 11.0 Å². The van der Waals surface area contributed by atoms with Gasteiger partial charge < -0.3 is 0 Å². The fourth-order valence-corrected chi connectivity index (χ4v) is 4.21. The number of hydrogen-bond donors (Lipinski definition) is 0.